The Morgan fingerprint density at radius 3 is 2.47 bits per heavy atom. The van der Waals surface area contributed by atoms with E-state index in [-0.39, 0.29) is 5.92 Å². The van der Waals surface area contributed by atoms with Crippen LogP contribution in [0, 0.1) is 0 Å². The molecule has 19 heavy (non-hydrogen) atoms. The Hall–Kier alpha value is -0.580. The molecule has 1 aromatic rings. The van der Waals surface area contributed by atoms with E-state index in [1.54, 1.807) is 0 Å². The van der Waals surface area contributed by atoms with Crippen molar-refractivity contribution in [2.45, 2.75) is 25.3 Å². The second-order valence-electron chi connectivity index (χ2n) is 4.82. The lowest BCUT2D eigenvalue weighted by Gasteiger charge is -2.30. The molecule has 2 nitrogen and oxygen atoms in total. The predicted molar refractivity (Wildman–Crippen MR) is 91.1 cm³/mol. The number of thiocarbonyl (C=S) groups is 1. The quantitative estimate of drug-likeness (QED) is 0.746. The summed E-state index contributed by atoms with van der Waals surface area (Å²) in [5.41, 5.74) is 7.14. The van der Waals surface area contributed by atoms with E-state index in [0.29, 0.717) is 11.0 Å². The van der Waals surface area contributed by atoms with Crippen LogP contribution in [0.1, 0.15) is 24.8 Å². The van der Waals surface area contributed by atoms with E-state index >= 15 is 0 Å². The number of hydrogen-bond donors (Lipinski definition) is 1. The van der Waals surface area contributed by atoms with Gasteiger partial charge in [-0.25, -0.2) is 0 Å². The molecule has 0 fully saturated rings. The maximum Gasteiger partial charge on any atom is 0.0816 e. The number of nitrogens with two attached hydrogens (primary N) is 1. The predicted octanol–water partition coefficient (Wildman–Crippen LogP) is 3.13. The van der Waals surface area contributed by atoms with E-state index in [1.165, 1.54) is 5.56 Å². The average Bonchev–Trinajstić information content (AvgIpc) is 2.42. The molecule has 4 heteroatoms. The molecule has 0 saturated carbocycles. The van der Waals surface area contributed by atoms with Crippen molar-refractivity contribution in [3.63, 3.8) is 0 Å². The largest absolute Gasteiger partial charge is 0.393 e. The summed E-state index contributed by atoms with van der Waals surface area (Å²) < 4.78 is 0. The molecule has 1 rings (SSSR count). The first kappa shape index (κ1) is 16.5. The Morgan fingerprint density at radius 1 is 1.37 bits per heavy atom. The summed E-state index contributed by atoms with van der Waals surface area (Å²) in [4.78, 5) is 2.96. The van der Waals surface area contributed by atoms with Gasteiger partial charge >= 0.3 is 0 Å². The first-order chi connectivity index (χ1) is 9.10. The van der Waals surface area contributed by atoms with Crippen molar-refractivity contribution < 1.29 is 0 Å². The highest BCUT2D eigenvalue weighted by molar-refractivity contribution is 7.98. The van der Waals surface area contributed by atoms with Crippen LogP contribution in [0.2, 0.25) is 0 Å². The molecule has 0 saturated heterocycles. The number of benzene rings is 1. The minimum Gasteiger partial charge on any atom is -0.393 e. The van der Waals surface area contributed by atoms with Gasteiger partial charge in [0.05, 0.1) is 4.99 Å². The smallest absolute Gasteiger partial charge is 0.0816 e. The van der Waals surface area contributed by atoms with Gasteiger partial charge in [-0.2, -0.15) is 11.8 Å². The molecule has 106 valence electrons. The van der Waals surface area contributed by atoms with Gasteiger partial charge in [0, 0.05) is 24.3 Å². The van der Waals surface area contributed by atoms with Crippen molar-refractivity contribution in [3.8, 4) is 0 Å². The standard InChI is InChI=1S/C15H24N2S2/c1-4-13(11-19-3)17(2)10-14(15(16)18)12-8-6-5-7-9-12/h5-9,13-14H,4,10-11H2,1-3H3,(H2,16,18). The zero-order chi connectivity index (χ0) is 14.3. The van der Waals surface area contributed by atoms with Crippen LogP contribution in [0.4, 0.5) is 0 Å². The van der Waals surface area contributed by atoms with Crippen LogP contribution >= 0.6 is 24.0 Å². The van der Waals surface area contributed by atoms with Crippen LogP contribution in [0.5, 0.6) is 0 Å². The van der Waals surface area contributed by atoms with Gasteiger partial charge in [-0.15, -0.1) is 0 Å². The van der Waals surface area contributed by atoms with Gasteiger partial charge in [-0.3, -0.25) is 0 Å². The van der Waals surface area contributed by atoms with E-state index in [1.807, 2.05) is 30.0 Å². The SMILES string of the molecule is CCC(CSC)N(C)CC(C(N)=S)c1ccccc1. The van der Waals surface area contributed by atoms with Gasteiger partial charge in [-0.1, -0.05) is 49.5 Å². The number of likely N-dealkylation sites (N-methyl/N-ethyl adjacent to an activating group) is 1. The molecule has 0 aliphatic carbocycles. The molecule has 0 aliphatic rings. The fraction of sp³-hybridized carbons (Fsp3) is 0.533. The fourth-order valence-electron chi connectivity index (χ4n) is 2.23. The lowest BCUT2D eigenvalue weighted by atomic mass is 9.98. The third-order valence-corrected chi connectivity index (χ3v) is 4.47. The molecule has 2 unspecified atom stereocenters. The molecule has 0 radical (unpaired) electrons. The Morgan fingerprint density at radius 2 is 2.00 bits per heavy atom. The molecule has 0 heterocycles. The zero-order valence-electron chi connectivity index (χ0n) is 12.0. The molecule has 0 aromatic heterocycles. The normalized spacial score (nSPS) is 14.3. The van der Waals surface area contributed by atoms with Gasteiger partial charge in [0.1, 0.15) is 0 Å². The maximum absolute atomic E-state index is 5.93. The van der Waals surface area contributed by atoms with Crippen molar-refractivity contribution in [2.24, 2.45) is 5.73 Å². The number of rotatable bonds is 8. The molecule has 1 aromatic carbocycles. The summed E-state index contributed by atoms with van der Waals surface area (Å²) in [6.45, 7) is 3.12. The summed E-state index contributed by atoms with van der Waals surface area (Å²) in [6, 6.07) is 10.9. The van der Waals surface area contributed by atoms with Crippen molar-refractivity contribution >= 4 is 29.0 Å². The summed E-state index contributed by atoms with van der Waals surface area (Å²) in [5, 5.41) is 0. The molecule has 0 spiro atoms. The third-order valence-electron chi connectivity index (χ3n) is 3.47. The van der Waals surface area contributed by atoms with Gasteiger partial charge in [-0.05, 0) is 25.3 Å². The summed E-state index contributed by atoms with van der Waals surface area (Å²) in [6.07, 6.45) is 3.30. The van der Waals surface area contributed by atoms with Gasteiger partial charge < -0.3 is 10.6 Å². The molecule has 2 N–H and O–H groups in total. The van der Waals surface area contributed by atoms with Gasteiger partial charge in [0.15, 0.2) is 0 Å². The Labute approximate surface area is 126 Å². The van der Waals surface area contributed by atoms with Crippen LogP contribution in [-0.2, 0) is 0 Å². The second-order valence-corrected chi connectivity index (χ2v) is 6.20. The van der Waals surface area contributed by atoms with E-state index in [9.17, 15) is 0 Å². The fourth-order valence-corrected chi connectivity index (χ4v) is 3.32. The minimum atomic E-state index is 0.136. The first-order valence-corrected chi connectivity index (χ1v) is 8.43. The first-order valence-electron chi connectivity index (χ1n) is 6.63. The maximum atomic E-state index is 5.93. The minimum absolute atomic E-state index is 0.136. The van der Waals surface area contributed by atoms with Crippen LogP contribution in [0.25, 0.3) is 0 Å². The van der Waals surface area contributed by atoms with Crippen molar-refractivity contribution in [3.05, 3.63) is 35.9 Å². The Kier molecular flexibility index (Phi) is 7.42. The Balaban J connectivity index is 2.77. The van der Waals surface area contributed by atoms with Crippen LogP contribution in [0.3, 0.4) is 0 Å². The second kappa shape index (κ2) is 8.56. The molecule has 0 amide bonds. The average molecular weight is 297 g/mol. The van der Waals surface area contributed by atoms with Crippen LogP contribution in [0.15, 0.2) is 30.3 Å². The summed E-state index contributed by atoms with van der Waals surface area (Å²) in [7, 11) is 2.17. The summed E-state index contributed by atoms with van der Waals surface area (Å²) in [5.74, 6) is 1.28. The zero-order valence-corrected chi connectivity index (χ0v) is 13.6. The Bertz CT molecular complexity index is 381. The summed E-state index contributed by atoms with van der Waals surface area (Å²) >= 11 is 7.14. The lowest BCUT2D eigenvalue weighted by molar-refractivity contribution is 0.254. The lowest BCUT2D eigenvalue weighted by Crippen LogP contribution is -2.39. The third kappa shape index (κ3) is 5.13. The molecule has 2 atom stereocenters. The topological polar surface area (TPSA) is 29.3 Å². The number of thioether (sulfide) groups is 1. The van der Waals surface area contributed by atoms with E-state index < -0.39 is 0 Å². The van der Waals surface area contributed by atoms with Crippen LogP contribution in [-0.4, -0.2) is 41.5 Å². The van der Waals surface area contributed by atoms with Gasteiger partial charge in [0.25, 0.3) is 0 Å². The number of hydrogen-bond acceptors (Lipinski definition) is 3. The molecule has 0 aliphatic heterocycles. The highest BCUT2D eigenvalue weighted by atomic mass is 32.2. The molecular weight excluding hydrogens is 272 g/mol. The molecule has 0 bridgehead atoms. The van der Waals surface area contributed by atoms with Gasteiger partial charge in [0.2, 0.25) is 0 Å². The highest BCUT2D eigenvalue weighted by Crippen LogP contribution is 2.19. The monoisotopic (exact) mass is 296 g/mol. The molecular formula is C15H24N2S2. The van der Waals surface area contributed by atoms with E-state index in [4.69, 9.17) is 18.0 Å². The highest BCUT2D eigenvalue weighted by Gasteiger charge is 2.20. The van der Waals surface area contributed by atoms with Crippen LogP contribution < -0.4 is 5.73 Å². The van der Waals surface area contributed by atoms with Crippen molar-refractivity contribution in [1.82, 2.24) is 4.90 Å². The van der Waals surface area contributed by atoms with E-state index in [2.05, 4.69) is 37.3 Å². The number of nitrogens with zero attached hydrogens (tertiary/aromatic N) is 1. The van der Waals surface area contributed by atoms with Crippen molar-refractivity contribution in [2.75, 3.05) is 25.6 Å². The van der Waals surface area contributed by atoms with Crippen molar-refractivity contribution in [1.29, 1.82) is 0 Å². The van der Waals surface area contributed by atoms with E-state index in [0.717, 1.165) is 18.7 Å².